The summed E-state index contributed by atoms with van der Waals surface area (Å²) in [5, 5.41) is 9.70. The van der Waals surface area contributed by atoms with E-state index in [0.29, 0.717) is 17.1 Å². The van der Waals surface area contributed by atoms with Gasteiger partial charge in [0.2, 0.25) is 0 Å². The molecular formula is C14H16ClN3O2. The SMILES string of the molecule is O=C(O)c1nc(CN2CCCCC2)n2cccc(Cl)c12. The smallest absolute Gasteiger partial charge is 0.356 e. The number of fused-ring (bicyclic) bond motifs is 1. The number of carboxylic acids is 1. The van der Waals surface area contributed by atoms with E-state index in [2.05, 4.69) is 9.88 Å². The summed E-state index contributed by atoms with van der Waals surface area (Å²) in [6, 6.07) is 3.50. The van der Waals surface area contributed by atoms with Gasteiger partial charge in [0.15, 0.2) is 5.69 Å². The normalized spacial score (nSPS) is 16.6. The second-order valence-electron chi connectivity index (χ2n) is 5.09. The molecule has 0 unspecified atom stereocenters. The molecule has 0 atom stereocenters. The lowest BCUT2D eigenvalue weighted by molar-refractivity contribution is 0.0693. The summed E-state index contributed by atoms with van der Waals surface area (Å²) in [6.07, 6.45) is 5.47. The van der Waals surface area contributed by atoms with Crippen LogP contribution in [0.2, 0.25) is 5.02 Å². The highest BCUT2D eigenvalue weighted by atomic mass is 35.5. The Labute approximate surface area is 121 Å². The number of nitrogens with zero attached hydrogens (tertiary/aromatic N) is 3. The first kappa shape index (κ1) is 13.4. The zero-order valence-corrected chi connectivity index (χ0v) is 11.8. The van der Waals surface area contributed by atoms with E-state index >= 15 is 0 Å². The quantitative estimate of drug-likeness (QED) is 0.945. The van der Waals surface area contributed by atoms with Gasteiger partial charge in [-0.2, -0.15) is 0 Å². The number of pyridine rings is 1. The van der Waals surface area contributed by atoms with Gasteiger partial charge >= 0.3 is 5.97 Å². The number of hydrogen-bond donors (Lipinski definition) is 1. The fourth-order valence-electron chi connectivity index (χ4n) is 2.74. The minimum absolute atomic E-state index is 0.0302. The molecule has 0 bridgehead atoms. The molecule has 1 saturated heterocycles. The minimum Gasteiger partial charge on any atom is -0.476 e. The molecule has 0 aromatic carbocycles. The van der Waals surface area contributed by atoms with Gasteiger partial charge in [0.05, 0.1) is 17.1 Å². The summed E-state index contributed by atoms with van der Waals surface area (Å²) in [4.78, 5) is 17.9. The van der Waals surface area contributed by atoms with Gasteiger partial charge in [0.25, 0.3) is 0 Å². The number of aromatic carboxylic acids is 1. The number of hydrogen-bond acceptors (Lipinski definition) is 3. The van der Waals surface area contributed by atoms with Crippen LogP contribution in [0.3, 0.4) is 0 Å². The lowest BCUT2D eigenvalue weighted by Gasteiger charge is -2.25. The number of aromatic nitrogens is 2. The van der Waals surface area contributed by atoms with Crippen LogP contribution >= 0.6 is 11.6 Å². The van der Waals surface area contributed by atoms with Crippen molar-refractivity contribution >= 4 is 23.1 Å². The summed E-state index contributed by atoms with van der Waals surface area (Å²) >= 11 is 6.12. The molecule has 20 heavy (non-hydrogen) atoms. The van der Waals surface area contributed by atoms with Gasteiger partial charge in [-0.15, -0.1) is 0 Å². The molecule has 0 saturated carbocycles. The van der Waals surface area contributed by atoms with Crippen molar-refractivity contribution < 1.29 is 9.90 Å². The lowest BCUT2D eigenvalue weighted by atomic mass is 10.1. The van der Waals surface area contributed by atoms with Crippen LogP contribution in [-0.4, -0.2) is 38.4 Å². The molecule has 1 aliphatic heterocycles. The second-order valence-corrected chi connectivity index (χ2v) is 5.50. The van der Waals surface area contributed by atoms with Crippen molar-refractivity contribution in [1.82, 2.24) is 14.3 Å². The highest BCUT2D eigenvalue weighted by Crippen LogP contribution is 2.23. The Morgan fingerprint density at radius 1 is 1.35 bits per heavy atom. The molecular weight excluding hydrogens is 278 g/mol. The fraction of sp³-hybridized carbons (Fsp3) is 0.429. The van der Waals surface area contributed by atoms with E-state index in [-0.39, 0.29) is 5.69 Å². The Balaban J connectivity index is 2.02. The van der Waals surface area contributed by atoms with Crippen LogP contribution in [0, 0.1) is 0 Å². The van der Waals surface area contributed by atoms with Crippen molar-refractivity contribution in [3.05, 3.63) is 34.9 Å². The van der Waals surface area contributed by atoms with Crippen LogP contribution in [0.4, 0.5) is 0 Å². The average molecular weight is 294 g/mol. The van der Waals surface area contributed by atoms with E-state index in [1.54, 1.807) is 10.5 Å². The van der Waals surface area contributed by atoms with Crippen molar-refractivity contribution in [2.24, 2.45) is 0 Å². The summed E-state index contributed by atoms with van der Waals surface area (Å²) in [5.41, 5.74) is 0.510. The van der Waals surface area contributed by atoms with Crippen LogP contribution < -0.4 is 0 Å². The maximum atomic E-state index is 11.3. The molecule has 6 heteroatoms. The standard InChI is InChI=1S/C14H16ClN3O2/c15-10-5-4-8-18-11(9-17-6-2-1-3-7-17)16-12(13(10)18)14(19)20/h4-5,8H,1-3,6-7,9H2,(H,19,20). The molecule has 5 nitrogen and oxygen atoms in total. The Morgan fingerprint density at radius 3 is 2.80 bits per heavy atom. The molecule has 3 rings (SSSR count). The number of imidazole rings is 1. The van der Waals surface area contributed by atoms with Gasteiger partial charge in [-0.3, -0.25) is 4.90 Å². The third-order valence-corrected chi connectivity index (χ3v) is 4.01. The second kappa shape index (κ2) is 5.42. The maximum Gasteiger partial charge on any atom is 0.356 e. The first-order valence-corrected chi connectivity index (χ1v) is 7.15. The molecule has 2 aromatic rings. The fourth-order valence-corrected chi connectivity index (χ4v) is 2.99. The van der Waals surface area contributed by atoms with Crippen molar-refractivity contribution in [2.45, 2.75) is 25.8 Å². The molecule has 0 radical (unpaired) electrons. The molecule has 1 aliphatic rings. The Morgan fingerprint density at radius 2 is 2.10 bits per heavy atom. The lowest BCUT2D eigenvalue weighted by Crippen LogP contribution is -2.29. The van der Waals surface area contributed by atoms with E-state index in [1.807, 2.05) is 12.3 Å². The monoisotopic (exact) mass is 293 g/mol. The maximum absolute atomic E-state index is 11.3. The molecule has 0 amide bonds. The molecule has 1 N–H and O–H groups in total. The van der Waals surface area contributed by atoms with Crippen molar-refractivity contribution in [1.29, 1.82) is 0 Å². The zero-order valence-electron chi connectivity index (χ0n) is 11.0. The van der Waals surface area contributed by atoms with Crippen LogP contribution in [-0.2, 0) is 6.54 Å². The number of piperidine rings is 1. The van der Waals surface area contributed by atoms with Gasteiger partial charge < -0.3 is 9.51 Å². The van der Waals surface area contributed by atoms with Gasteiger partial charge in [0.1, 0.15) is 5.82 Å². The zero-order chi connectivity index (χ0) is 14.1. The Bertz CT molecular complexity index is 647. The molecule has 0 aliphatic carbocycles. The van der Waals surface area contributed by atoms with Gasteiger partial charge in [-0.25, -0.2) is 9.78 Å². The molecule has 0 spiro atoms. The van der Waals surface area contributed by atoms with E-state index in [4.69, 9.17) is 11.6 Å². The first-order chi connectivity index (χ1) is 9.66. The summed E-state index contributed by atoms with van der Waals surface area (Å²) in [7, 11) is 0. The van der Waals surface area contributed by atoms with E-state index in [9.17, 15) is 9.90 Å². The van der Waals surface area contributed by atoms with Crippen LogP contribution in [0.25, 0.3) is 5.52 Å². The van der Waals surface area contributed by atoms with Crippen molar-refractivity contribution in [3.8, 4) is 0 Å². The van der Waals surface area contributed by atoms with Gasteiger partial charge in [-0.1, -0.05) is 18.0 Å². The Kier molecular flexibility index (Phi) is 3.63. The number of carboxylic acid groups (broad SMARTS) is 1. The van der Waals surface area contributed by atoms with Crippen molar-refractivity contribution in [2.75, 3.05) is 13.1 Å². The number of rotatable bonds is 3. The van der Waals surface area contributed by atoms with E-state index in [0.717, 1.165) is 18.9 Å². The largest absolute Gasteiger partial charge is 0.476 e. The summed E-state index contributed by atoms with van der Waals surface area (Å²) in [5.74, 6) is -0.303. The number of halogens is 1. The number of carbonyl (C=O) groups is 1. The van der Waals surface area contributed by atoms with Crippen LogP contribution in [0.5, 0.6) is 0 Å². The highest BCUT2D eigenvalue weighted by Gasteiger charge is 2.21. The van der Waals surface area contributed by atoms with Gasteiger partial charge in [0, 0.05) is 6.20 Å². The third-order valence-electron chi connectivity index (χ3n) is 3.70. The van der Waals surface area contributed by atoms with E-state index in [1.165, 1.54) is 19.3 Å². The van der Waals surface area contributed by atoms with E-state index < -0.39 is 5.97 Å². The predicted molar refractivity (Wildman–Crippen MR) is 76.3 cm³/mol. The predicted octanol–water partition coefficient (Wildman–Crippen LogP) is 2.67. The molecule has 3 heterocycles. The van der Waals surface area contributed by atoms with Crippen LogP contribution in [0.1, 0.15) is 35.6 Å². The van der Waals surface area contributed by atoms with Crippen LogP contribution in [0.15, 0.2) is 18.3 Å². The average Bonchev–Trinajstić information content (AvgIpc) is 2.81. The molecule has 106 valence electrons. The molecule has 1 fully saturated rings. The topological polar surface area (TPSA) is 57.8 Å². The molecule has 2 aromatic heterocycles. The summed E-state index contributed by atoms with van der Waals surface area (Å²) in [6.45, 7) is 2.74. The minimum atomic E-state index is -1.04. The highest BCUT2D eigenvalue weighted by molar-refractivity contribution is 6.34. The third kappa shape index (κ3) is 2.39. The Hall–Kier alpha value is -1.59. The van der Waals surface area contributed by atoms with Gasteiger partial charge in [-0.05, 0) is 38.1 Å². The summed E-state index contributed by atoms with van der Waals surface area (Å²) < 4.78 is 1.79. The number of likely N-dealkylation sites (tertiary alicyclic amines) is 1. The first-order valence-electron chi connectivity index (χ1n) is 6.78. The van der Waals surface area contributed by atoms with Crippen molar-refractivity contribution in [3.63, 3.8) is 0 Å².